The molecule has 6 nitrogen and oxygen atoms in total. The highest BCUT2D eigenvalue weighted by atomic mass is 16.6. The predicted octanol–water partition coefficient (Wildman–Crippen LogP) is -0.633. The van der Waals surface area contributed by atoms with Crippen LogP contribution in [0.3, 0.4) is 0 Å². The van der Waals surface area contributed by atoms with Crippen LogP contribution in [0.4, 0.5) is 0 Å². The first-order chi connectivity index (χ1) is 6.54. The molecule has 0 fully saturated rings. The highest BCUT2D eigenvalue weighted by Gasteiger charge is 2.33. The van der Waals surface area contributed by atoms with Crippen molar-refractivity contribution in [1.29, 1.82) is 0 Å². The van der Waals surface area contributed by atoms with Gasteiger partial charge < -0.3 is 20.3 Å². The Morgan fingerprint density at radius 2 is 1.64 bits per heavy atom. The normalized spacial score (nSPS) is 14.7. The Morgan fingerprint density at radius 1 is 1.21 bits per heavy atom. The molecule has 82 valence electrons. The fourth-order valence-corrected chi connectivity index (χ4v) is 0.966. The van der Waals surface area contributed by atoms with Gasteiger partial charge in [0, 0.05) is 13.2 Å². The summed E-state index contributed by atoms with van der Waals surface area (Å²) in [6, 6.07) is 0. The Hall–Kier alpha value is -1.14. The minimum Gasteiger partial charge on any atom is -0.479 e. The van der Waals surface area contributed by atoms with Gasteiger partial charge in [0.25, 0.3) is 0 Å². The molecule has 0 saturated heterocycles. The number of aliphatic carboxylic acids is 1. The molecule has 0 radical (unpaired) electrons. The number of carbonyl (C=O) groups is 2. The van der Waals surface area contributed by atoms with Gasteiger partial charge in [-0.1, -0.05) is 0 Å². The van der Waals surface area contributed by atoms with Crippen molar-refractivity contribution in [3.63, 3.8) is 0 Å². The van der Waals surface area contributed by atoms with Crippen LogP contribution in [0.1, 0.15) is 13.8 Å². The molecule has 6 heteroatoms. The topological polar surface area (TPSA) is 98.9 Å². The lowest BCUT2D eigenvalue weighted by Crippen LogP contribution is -2.46. The lowest BCUT2D eigenvalue weighted by molar-refractivity contribution is -0.166. The second kappa shape index (κ2) is 6.33. The van der Waals surface area contributed by atoms with Crippen LogP contribution in [0.25, 0.3) is 0 Å². The summed E-state index contributed by atoms with van der Waals surface area (Å²) in [4.78, 5) is 21.6. The second-order valence-corrected chi connectivity index (χ2v) is 2.49. The van der Waals surface area contributed by atoms with Crippen molar-refractivity contribution in [3.8, 4) is 0 Å². The van der Waals surface area contributed by atoms with Crippen LogP contribution in [-0.4, -0.2) is 42.4 Å². The fraction of sp³-hybridized carbons (Fsp3) is 0.750. The van der Waals surface area contributed by atoms with Gasteiger partial charge in [-0.05, 0) is 13.8 Å². The molecule has 0 aliphatic rings. The molecule has 1 amide bonds. The highest BCUT2D eigenvalue weighted by Crippen LogP contribution is 2.04. The molecule has 0 aromatic rings. The number of nitrogens with two attached hydrogens (primary N) is 1. The van der Waals surface area contributed by atoms with E-state index in [0.717, 1.165) is 0 Å². The van der Waals surface area contributed by atoms with Crippen molar-refractivity contribution in [3.05, 3.63) is 0 Å². The van der Waals surface area contributed by atoms with Gasteiger partial charge in [-0.3, -0.25) is 4.79 Å². The van der Waals surface area contributed by atoms with Crippen LogP contribution in [0, 0.1) is 0 Å². The van der Waals surface area contributed by atoms with Crippen LogP contribution in [0.2, 0.25) is 0 Å². The molecular weight excluding hydrogens is 190 g/mol. The number of hydrogen-bond donors (Lipinski definition) is 2. The summed E-state index contributed by atoms with van der Waals surface area (Å²) in [6.07, 6.45) is -2.57. The SMILES string of the molecule is CCOC(C(N)=O)C(OCC)C(=O)O. The average molecular weight is 205 g/mol. The van der Waals surface area contributed by atoms with Crippen molar-refractivity contribution in [2.45, 2.75) is 26.1 Å². The Kier molecular flexibility index (Phi) is 5.82. The number of carboxylic acids is 1. The quantitative estimate of drug-likeness (QED) is 0.576. The zero-order valence-electron chi connectivity index (χ0n) is 8.23. The summed E-state index contributed by atoms with van der Waals surface area (Å²) in [7, 11) is 0. The summed E-state index contributed by atoms with van der Waals surface area (Å²) >= 11 is 0. The lowest BCUT2D eigenvalue weighted by Gasteiger charge is -2.20. The Labute approximate surface area is 82.0 Å². The minimum absolute atomic E-state index is 0.174. The number of ether oxygens (including phenoxy) is 2. The first-order valence-corrected chi connectivity index (χ1v) is 4.29. The monoisotopic (exact) mass is 205 g/mol. The maximum absolute atomic E-state index is 10.9. The van der Waals surface area contributed by atoms with E-state index in [4.69, 9.17) is 20.3 Å². The summed E-state index contributed by atoms with van der Waals surface area (Å²) in [5, 5.41) is 8.74. The van der Waals surface area contributed by atoms with E-state index < -0.39 is 24.1 Å². The van der Waals surface area contributed by atoms with E-state index in [9.17, 15) is 9.59 Å². The van der Waals surface area contributed by atoms with Crippen LogP contribution >= 0.6 is 0 Å². The average Bonchev–Trinajstić information content (AvgIpc) is 2.10. The van der Waals surface area contributed by atoms with Gasteiger partial charge in [0.05, 0.1) is 0 Å². The Balaban J connectivity index is 4.54. The van der Waals surface area contributed by atoms with Gasteiger partial charge in [0.1, 0.15) is 0 Å². The van der Waals surface area contributed by atoms with E-state index in [1.54, 1.807) is 13.8 Å². The minimum atomic E-state index is -1.34. The van der Waals surface area contributed by atoms with E-state index in [1.807, 2.05) is 0 Å². The molecular formula is C8H15NO5. The van der Waals surface area contributed by atoms with Crippen molar-refractivity contribution < 1.29 is 24.2 Å². The van der Waals surface area contributed by atoms with Crippen molar-refractivity contribution in [2.75, 3.05) is 13.2 Å². The molecule has 0 spiro atoms. The number of rotatable bonds is 7. The smallest absolute Gasteiger partial charge is 0.336 e. The van der Waals surface area contributed by atoms with Gasteiger partial charge >= 0.3 is 5.97 Å². The number of amides is 1. The highest BCUT2D eigenvalue weighted by molar-refractivity contribution is 5.86. The molecule has 2 atom stereocenters. The van der Waals surface area contributed by atoms with Crippen molar-refractivity contribution in [2.24, 2.45) is 5.73 Å². The van der Waals surface area contributed by atoms with Crippen LogP contribution in [-0.2, 0) is 19.1 Å². The van der Waals surface area contributed by atoms with Gasteiger partial charge in [-0.2, -0.15) is 0 Å². The van der Waals surface area contributed by atoms with E-state index in [-0.39, 0.29) is 13.2 Å². The molecule has 0 aromatic heterocycles. The van der Waals surface area contributed by atoms with Crippen molar-refractivity contribution >= 4 is 11.9 Å². The van der Waals surface area contributed by atoms with Gasteiger partial charge in [0.15, 0.2) is 12.2 Å². The molecule has 0 aliphatic carbocycles. The summed E-state index contributed by atoms with van der Waals surface area (Å²) in [5.74, 6) is -2.10. The summed E-state index contributed by atoms with van der Waals surface area (Å²) in [5.41, 5.74) is 4.98. The van der Waals surface area contributed by atoms with E-state index in [0.29, 0.717) is 0 Å². The number of hydrogen-bond acceptors (Lipinski definition) is 4. The third-order valence-corrected chi connectivity index (χ3v) is 1.49. The molecule has 14 heavy (non-hydrogen) atoms. The predicted molar refractivity (Wildman–Crippen MR) is 47.7 cm³/mol. The Morgan fingerprint density at radius 3 is 1.93 bits per heavy atom. The molecule has 0 heterocycles. The summed E-state index contributed by atoms with van der Waals surface area (Å²) < 4.78 is 9.75. The molecule has 0 bridgehead atoms. The van der Waals surface area contributed by atoms with Crippen LogP contribution in [0.5, 0.6) is 0 Å². The number of carbonyl (C=O) groups excluding carboxylic acids is 1. The maximum Gasteiger partial charge on any atom is 0.336 e. The zero-order valence-corrected chi connectivity index (χ0v) is 8.23. The standard InChI is InChI=1S/C8H15NO5/c1-3-13-5(7(9)10)6(8(11)12)14-4-2/h5-6H,3-4H2,1-2H3,(H2,9,10)(H,11,12). The third-order valence-electron chi connectivity index (χ3n) is 1.49. The van der Waals surface area contributed by atoms with Crippen molar-refractivity contribution in [1.82, 2.24) is 0 Å². The van der Waals surface area contributed by atoms with E-state index in [1.165, 1.54) is 0 Å². The molecule has 0 saturated carbocycles. The molecule has 0 rings (SSSR count). The third kappa shape index (κ3) is 3.71. The van der Waals surface area contributed by atoms with Crippen LogP contribution in [0.15, 0.2) is 0 Å². The van der Waals surface area contributed by atoms with Gasteiger partial charge in [-0.15, -0.1) is 0 Å². The van der Waals surface area contributed by atoms with Crippen LogP contribution < -0.4 is 5.73 Å². The van der Waals surface area contributed by atoms with Gasteiger partial charge in [-0.25, -0.2) is 4.79 Å². The van der Waals surface area contributed by atoms with E-state index in [2.05, 4.69) is 0 Å². The second-order valence-electron chi connectivity index (χ2n) is 2.49. The van der Waals surface area contributed by atoms with Gasteiger partial charge in [0.2, 0.25) is 5.91 Å². The molecule has 3 N–H and O–H groups in total. The lowest BCUT2D eigenvalue weighted by atomic mass is 10.2. The molecule has 2 unspecified atom stereocenters. The molecule has 0 aliphatic heterocycles. The number of carboxylic acid groups (broad SMARTS) is 1. The summed E-state index contributed by atoms with van der Waals surface area (Å²) in [6.45, 7) is 3.64. The molecule has 0 aromatic carbocycles. The first kappa shape index (κ1) is 12.9. The largest absolute Gasteiger partial charge is 0.479 e. The Bertz CT molecular complexity index is 184. The first-order valence-electron chi connectivity index (χ1n) is 4.29. The maximum atomic E-state index is 10.9. The van der Waals surface area contributed by atoms with E-state index >= 15 is 0 Å². The fourth-order valence-electron chi connectivity index (χ4n) is 0.966. The zero-order chi connectivity index (χ0) is 11.1. The number of primary amides is 1.